The fraction of sp³-hybridized carbons (Fsp3) is 0.778. The van der Waals surface area contributed by atoms with Crippen LogP contribution in [-0.4, -0.2) is 142 Å². The van der Waals surface area contributed by atoms with Gasteiger partial charge in [-0.25, -0.2) is 0 Å². The molecule has 10 unspecified atom stereocenters. The zero-order valence-electron chi connectivity index (χ0n) is 33.1. The maximum Gasteiger partial charge on any atom is 0.248 e. The van der Waals surface area contributed by atoms with Crippen molar-refractivity contribution >= 4 is 47.3 Å². The molecular weight excluding hydrogens is 720 g/mol. The van der Waals surface area contributed by atoms with E-state index in [9.17, 15) is 53.7 Å². The Labute approximate surface area is 322 Å². The van der Waals surface area contributed by atoms with Crippen LogP contribution in [0.15, 0.2) is 0 Å². The SMILES string of the molecule is CCC(C)C1NC(=O)C(C(C)O)NC(=O)C(CO)NC(=O)C(CC(C)C)NC(=O)CNC(=O)C2CCCN2C(=O)C(C(C)O)NC(=O)C(CC(C)C)NC1=O. The van der Waals surface area contributed by atoms with Gasteiger partial charge < -0.3 is 57.4 Å². The van der Waals surface area contributed by atoms with E-state index in [0.29, 0.717) is 12.8 Å². The molecule has 19 heteroatoms. The summed E-state index contributed by atoms with van der Waals surface area (Å²) >= 11 is 0. The second kappa shape index (κ2) is 21.7. The molecule has 2 heterocycles. The molecule has 0 spiro atoms. The lowest BCUT2D eigenvalue weighted by molar-refractivity contribution is -0.144. The zero-order valence-corrected chi connectivity index (χ0v) is 33.1. The largest absolute Gasteiger partial charge is 0.394 e. The van der Waals surface area contributed by atoms with Crippen LogP contribution in [0.1, 0.15) is 87.5 Å². The molecule has 0 aliphatic carbocycles. The Hall–Kier alpha value is -4.36. The minimum Gasteiger partial charge on any atom is -0.394 e. The molecule has 0 aromatic carbocycles. The zero-order chi connectivity index (χ0) is 41.7. The number of hydrogen-bond acceptors (Lipinski definition) is 11. The molecule has 2 aliphatic rings. The summed E-state index contributed by atoms with van der Waals surface area (Å²) < 4.78 is 0. The first kappa shape index (κ1) is 46.8. The van der Waals surface area contributed by atoms with E-state index in [4.69, 9.17) is 0 Å². The molecule has 2 fully saturated rings. The highest BCUT2D eigenvalue weighted by atomic mass is 16.3. The lowest BCUT2D eigenvalue weighted by Gasteiger charge is -2.32. The predicted molar refractivity (Wildman–Crippen MR) is 198 cm³/mol. The molecular formula is C36H62N8O11. The van der Waals surface area contributed by atoms with Gasteiger partial charge in [0.25, 0.3) is 0 Å². The fourth-order valence-corrected chi connectivity index (χ4v) is 6.39. The molecule has 0 radical (unpaired) electrons. The van der Waals surface area contributed by atoms with Crippen molar-refractivity contribution in [3.63, 3.8) is 0 Å². The maximum atomic E-state index is 13.8. The van der Waals surface area contributed by atoms with E-state index >= 15 is 0 Å². The van der Waals surface area contributed by atoms with Gasteiger partial charge >= 0.3 is 0 Å². The number of carbonyl (C=O) groups is 8. The molecule has 312 valence electrons. The third kappa shape index (κ3) is 13.7. The van der Waals surface area contributed by atoms with Crippen molar-refractivity contribution in [2.45, 2.75) is 142 Å². The van der Waals surface area contributed by atoms with Crippen molar-refractivity contribution in [1.29, 1.82) is 0 Å². The second-order valence-electron chi connectivity index (χ2n) is 15.4. The Kier molecular flexibility index (Phi) is 18.4. The molecule has 0 aromatic heterocycles. The molecule has 8 amide bonds. The first-order valence-corrected chi connectivity index (χ1v) is 19.1. The highest BCUT2D eigenvalue weighted by Gasteiger charge is 2.41. The first-order chi connectivity index (χ1) is 25.7. The summed E-state index contributed by atoms with van der Waals surface area (Å²) in [5.41, 5.74) is 0. The summed E-state index contributed by atoms with van der Waals surface area (Å²) in [4.78, 5) is 109. The quantitative estimate of drug-likeness (QED) is 0.112. The van der Waals surface area contributed by atoms with Gasteiger partial charge in [0, 0.05) is 6.54 Å². The highest BCUT2D eigenvalue weighted by molar-refractivity contribution is 5.98. The van der Waals surface area contributed by atoms with Gasteiger partial charge in [0.2, 0.25) is 47.3 Å². The molecule has 2 saturated heterocycles. The van der Waals surface area contributed by atoms with Crippen molar-refractivity contribution in [1.82, 2.24) is 42.1 Å². The summed E-state index contributed by atoms with van der Waals surface area (Å²) in [5, 5.41) is 48.7. The molecule has 2 rings (SSSR count). The Morgan fingerprint density at radius 3 is 1.62 bits per heavy atom. The van der Waals surface area contributed by atoms with Gasteiger partial charge in [0.15, 0.2) is 0 Å². The van der Waals surface area contributed by atoms with Crippen molar-refractivity contribution in [3.05, 3.63) is 0 Å². The number of hydrogen-bond donors (Lipinski definition) is 10. The van der Waals surface area contributed by atoms with Crippen molar-refractivity contribution < 1.29 is 53.7 Å². The Morgan fingerprint density at radius 2 is 1.09 bits per heavy atom. The first-order valence-electron chi connectivity index (χ1n) is 19.1. The number of nitrogens with one attached hydrogen (secondary N) is 7. The predicted octanol–water partition coefficient (Wildman–Crippen LogP) is -3.09. The standard InChI is InChI=1S/C36H62N8O11/c1-9-19(6)27-34(53)39-23(14-18(4)5)31(50)43-29(21(8)47)36(55)44-12-10-11-25(44)33(52)37-15-26(48)38-22(13-17(2)3)30(49)40-24(16-45)32(51)42-28(20(7)46)35(54)41-27/h17-25,27-29,45-47H,9-16H2,1-8H3,(H,37,52)(H,38,48)(H,39,53)(H,40,49)(H,41,54)(H,42,51)(H,43,50). The molecule has 0 aromatic rings. The number of nitrogens with zero attached hydrogens (tertiary/aromatic N) is 1. The summed E-state index contributed by atoms with van der Waals surface area (Å²) in [5.74, 6) is -7.46. The summed E-state index contributed by atoms with van der Waals surface area (Å²) in [6.07, 6.45) is -1.74. The highest BCUT2D eigenvalue weighted by Crippen LogP contribution is 2.20. The minimum atomic E-state index is -1.67. The van der Waals surface area contributed by atoms with E-state index in [1.165, 1.54) is 18.7 Å². The average Bonchev–Trinajstić information content (AvgIpc) is 3.60. The molecule has 0 bridgehead atoms. The van der Waals surface area contributed by atoms with Crippen LogP contribution in [0.4, 0.5) is 0 Å². The van der Waals surface area contributed by atoms with Crippen LogP contribution in [0.2, 0.25) is 0 Å². The number of aliphatic hydroxyl groups is 3. The van der Waals surface area contributed by atoms with Gasteiger partial charge in [0.1, 0.15) is 42.3 Å². The monoisotopic (exact) mass is 782 g/mol. The van der Waals surface area contributed by atoms with Gasteiger partial charge in [0.05, 0.1) is 25.4 Å². The normalized spacial score (nSPS) is 29.1. The van der Waals surface area contributed by atoms with E-state index in [-0.39, 0.29) is 37.6 Å². The second-order valence-corrected chi connectivity index (χ2v) is 15.4. The number of carbonyl (C=O) groups excluding carboxylic acids is 8. The van der Waals surface area contributed by atoms with E-state index in [0.717, 1.165) is 0 Å². The summed E-state index contributed by atoms with van der Waals surface area (Å²) in [6.45, 7) is 11.7. The van der Waals surface area contributed by atoms with Crippen molar-refractivity contribution in [3.8, 4) is 0 Å². The minimum absolute atomic E-state index is 0.0922. The van der Waals surface area contributed by atoms with Gasteiger partial charge in [-0.1, -0.05) is 48.0 Å². The molecule has 2 aliphatic heterocycles. The van der Waals surface area contributed by atoms with Crippen LogP contribution >= 0.6 is 0 Å². The van der Waals surface area contributed by atoms with Crippen molar-refractivity contribution in [2.24, 2.45) is 17.8 Å². The molecule has 10 N–H and O–H groups in total. The van der Waals surface area contributed by atoms with Crippen LogP contribution in [0.3, 0.4) is 0 Å². The summed E-state index contributed by atoms with van der Waals surface area (Å²) in [7, 11) is 0. The van der Waals surface area contributed by atoms with Crippen LogP contribution < -0.4 is 37.2 Å². The van der Waals surface area contributed by atoms with E-state index in [2.05, 4.69) is 37.2 Å². The van der Waals surface area contributed by atoms with Gasteiger partial charge in [-0.05, 0) is 57.3 Å². The van der Waals surface area contributed by atoms with Crippen LogP contribution in [0.25, 0.3) is 0 Å². The summed E-state index contributed by atoms with van der Waals surface area (Å²) in [6, 6.07) is -9.59. The van der Waals surface area contributed by atoms with Gasteiger partial charge in [-0.3, -0.25) is 38.4 Å². The molecule has 19 nitrogen and oxygen atoms in total. The topological polar surface area (TPSA) is 285 Å². The number of fused-ring (bicyclic) bond motifs is 1. The third-order valence-electron chi connectivity index (χ3n) is 9.68. The number of rotatable bonds is 9. The van der Waals surface area contributed by atoms with Crippen LogP contribution in [0, 0.1) is 17.8 Å². The van der Waals surface area contributed by atoms with Gasteiger partial charge in [-0.2, -0.15) is 0 Å². The molecule has 55 heavy (non-hydrogen) atoms. The smallest absolute Gasteiger partial charge is 0.248 e. The third-order valence-corrected chi connectivity index (χ3v) is 9.68. The lowest BCUT2D eigenvalue weighted by Crippen LogP contribution is -2.63. The maximum absolute atomic E-state index is 13.8. The van der Waals surface area contributed by atoms with E-state index in [1.807, 2.05) is 0 Å². The lowest BCUT2D eigenvalue weighted by atomic mass is 9.96. The van der Waals surface area contributed by atoms with Gasteiger partial charge in [-0.15, -0.1) is 0 Å². The number of aliphatic hydroxyl groups excluding tert-OH is 3. The van der Waals surface area contributed by atoms with Crippen LogP contribution in [0.5, 0.6) is 0 Å². The fourth-order valence-electron chi connectivity index (χ4n) is 6.39. The van der Waals surface area contributed by atoms with Crippen molar-refractivity contribution in [2.75, 3.05) is 19.7 Å². The average molecular weight is 783 g/mol. The Morgan fingerprint density at radius 1 is 0.618 bits per heavy atom. The Balaban J connectivity index is 2.61. The molecule has 10 atom stereocenters. The molecule has 0 saturated carbocycles. The van der Waals surface area contributed by atoms with E-state index < -0.39 is 121 Å². The van der Waals surface area contributed by atoms with E-state index in [1.54, 1.807) is 41.5 Å². The Bertz CT molecular complexity index is 1390. The van der Waals surface area contributed by atoms with Crippen LogP contribution in [-0.2, 0) is 38.4 Å². The number of amides is 8.